The van der Waals surface area contributed by atoms with E-state index in [0.717, 1.165) is 69.8 Å². The van der Waals surface area contributed by atoms with E-state index in [1.54, 1.807) is 12.1 Å². The summed E-state index contributed by atoms with van der Waals surface area (Å²) in [6.07, 6.45) is 16.2. The van der Waals surface area contributed by atoms with Crippen LogP contribution in [0.2, 0.25) is 0 Å². The fourth-order valence-electron chi connectivity index (χ4n) is 12.0. The van der Waals surface area contributed by atoms with Crippen LogP contribution in [0, 0.1) is 40.4 Å². The lowest BCUT2D eigenvalue weighted by molar-refractivity contribution is -0.0712. The van der Waals surface area contributed by atoms with Crippen LogP contribution in [-0.4, -0.2) is 62.6 Å². The number of rotatable bonds is 9. The summed E-state index contributed by atoms with van der Waals surface area (Å²) in [5.74, 6) is 3.05. The average Bonchev–Trinajstić information content (AvgIpc) is 3.35. The quantitative estimate of drug-likeness (QED) is 0.0588. The summed E-state index contributed by atoms with van der Waals surface area (Å²) >= 11 is 0. The number of aliphatic hydroxyl groups excluding tert-OH is 2. The van der Waals surface area contributed by atoms with Crippen molar-refractivity contribution in [1.29, 1.82) is 0 Å². The number of epoxide rings is 1. The van der Waals surface area contributed by atoms with Gasteiger partial charge in [0.1, 0.15) is 12.0 Å². The van der Waals surface area contributed by atoms with E-state index in [0.29, 0.717) is 49.2 Å². The van der Waals surface area contributed by atoms with Gasteiger partial charge in [0, 0.05) is 24.3 Å². The van der Waals surface area contributed by atoms with Gasteiger partial charge in [-0.2, -0.15) is 0 Å². The molecule has 12 atom stereocenters. The molecule has 1 aliphatic heterocycles. The van der Waals surface area contributed by atoms with Gasteiger partial charge in [-0.15, -0.1) is 0 Å². The SMILES string of the molecule is C=C1C[C@@]2(CC[C@@H](CC[C@]3(O)CCC[C@H](O)C3)C2)[C@@H]2O[C@]2(C)CC[C@@H]2[C@@H]1C[C@]2(C)[C@@H]1CC[C@@H]([C@H](O)NC(N)=NCCc2cccc(O)c2)C1. The van der Waals surface area contributed by atoms with Gasteiger partial charge in [-0.3, -0.25) is 4.99 Å². The van der Waals surface area contributed by atoms with Crippen molar-refractivity contribution in [1.82, 2.24) is 5.32 Å². The zero-order valence-electron chi connectivity index (χ0n) is 30.1. The highest BCUT2D eigenvalue weighted by molar-refractivity contribution is 5.78. The molecule has 1 spiro atoms. The van der Waals surface area contributed by atoms with Crippen molar-refractivity contribution >= 4 is 5.96 Å². The van der Waals surface area contributed by atoms with Crippen LogP contribution >= 0.6 is 0 Å². The molecule has 0 aromatic heterocycles. The number of aliphatic imine (C=N–C) groups is 1. The molecule has 7 N–H and O–H groups in total. The van der Waals surface area contributed by atoms with Crippen molar-refractivity contribution in [3.63, 3.8) is 0 Å². The van der Waals surface area contributed by atoms with Crippen molar-refractivity contribution in [2.45, 2.75) is 153 Å². The van der Waals surface area contributed by atoms with E-state index >= 15 is 0 Å². The van der Waals surface area contributed by atoms with E-state index in [1.807, 2.05) is 12.1 Å². The molecule has 0 amide bonds. The molecule has 1 heterocycles. The number of hydrogen-bond donors (Lipinski definition) is 6. The number of nitrogens with one attached hydrogen (secondary N) is 1. The number of allylic oxidation sites excluding steroid dienone is 1. The lowest BCUT2D eigenvalue weighted by atomic mass is 9.46. The molecule has 5 aliphatic carbocycles. The minimum atomic E-state index is -0.705. The summed E-state index contributed by atoms with van der Waals surface area (Å²) in [7, 11) is 0. The predicted octanol–water partition coefficient (Wildman–Crippen LogP) is 6.35. The first-order chi connectivity index (χ1) is 23.3. The number of aliphatic hydroxyl groups is 3. The fraction of sp³-hybridized carbons (Fsp3) is 0.780. The maximum absolute atomic E-state index is 11.2. The van der Waals surface area contributed by atoms with Crippen LogP contribution in [0.15, 0.2) is 41.4 Å². The monoisotopic (exact) mass is 677 g/mol. The molecule has 7 rings (SSSR count). The summed E-state index contributed by atoms with van der Waals surface area (Å²) in [5.41, 5.74) is 8.32. The third kappa shape index (κ3) is 7.18. The lowest BCUT2D eigenvalue weighted by Gasteiger charge is -2.58. The first-order valence-electron chi connectivity index (χ1n) is 19.6. The van der Waals surface area contributed by atoms with Gasteiger partial charge in [0.25, 0.3) is 0 Å². The van der Waals surface area contributed by atoms with Gasteiger partial charge in [-0.25, -0.2) is 0 Å². The minimum absolute atomic E-state index is 0.0394. The molecule has 1 aromatic rings. The number of fused-ring (bicyclic) bond motifs is 3. The van der Waals surface area contributed by atoms with Gasteiger partial charge < -0.3 is 36.2 Å². The van der Waals surface area contributed by atoms with E-state index in [9.17, 15) is 20.4 Å². The standard InChI is InChI=1S/C41H63N3O5/c1-26-22-40(17-11-28(23-40)12-18-41(48)15-5-8-32(46)24-41)36-39(3,49-36)16-13-34-33(26)25-38(34,2)30-10-9-29(21-30)35(47)44-37(42)43-19-14-27-6-4-7-31(45)20-27/h4,6-7,20,28-30,32-36,45-48H,1,5,8-19,21-25H2,2-3H3,(H3,42,43,44)/t28-,29+,30+,32-,33+,34+,35-,36+,38+,39+,40+,41+/m0/s1. The Bertz CT molecular complexity index is 1400. The first-order valence-corrected chi connectivity index (χ1v) is 19.6. The molecule has 1 saturated heterocycles. The first kappa shape index (κ1) is 35.3. The van der Waals surface area contributed by atoms with Gasteiger partial charge in [0.2, 0.25) is 0 Å². The highest BCUT2D eigenvalue weighted by Crippen LogP contribution is 2.69. The van der Waals surface area contributed by atoms with Crippen LogP contribution in [0.25, 0.3) is 0 Å². The van der Waals surface area contributed by atoms with E-state index in [1.165, 1.54) is 37.7 Å². The third-order valence-electron chi connectivity index (χ3n) is 14.8. The number of aromatic hydroxyl groups is 1. The Morgan fingerprint density at radius 1 is 1.10 bits per heavy atom. The molecule has 6 fully saturated rings. The van der Waals surface area contributed by atoms with E-state index in [-0.39, 0.29) is 40.2 Å². The molecule has 5 saturated carbocycles. The van der Waals surface area contributed by atoms with E-state index in [2.05, 4.69) is 24.2 Å². The topological polar surface area (TPSA) is 144 Å². The van der Waals surface area contributed by atoms with Crippen molar-refractivity contribution in [2.75, 3.05) is 6.54 Å². The van der Waals surface area contributed by atoms with Crippen molar-refractivity contribution in [3.8, 4) is 5.75 Å². The zero-order valence-corrected chi connectivity index (χ0v) is 30.1. The smallest absolute Gasteiger partial charge is 0.190 e. The highest BCUT2D eigenvalue weighted by atomic mass is 16.6. The van der Waals surface area contributed by atoms with Crippen molar-refractivity contribution in [3.05, 3.63) is 42.0 Å². The van der Waals surface area contributed by atoms with Crippen molar-refractivity contribution < 1.29 is 25.2 Å². The molecular weight excluding hydrogens is 614 g/mol. The van der Waals surface area contributed by atoms with Gasteiger partial charge >= 0.3 is 0 Å². The zero-order chi connectivity index (χ0) is 34.6. The lowest BCUT2D eigenvalue weighted by Crippen LogP contribution is -2.51. The van der Waals surface area contributed by atoms with Gasteiger partial charge in [-0.05, 0) is 156 Å². The molecular formula is C41H63N3O5. The van der Waals surface area contributed by atoms with Crippen LogP contribution in [0.1, 0.15) is 122 Å². The summed E-state index contributed by atoms with van der Waals surface area (Å²) in [4.78, 5) is 4.44. The Morgan fingerprint density at radius 2 is 1.94 bits per heavy atom. The molecule has 49 heavy (non-hydrogen) atoms. The molecule has 1 aromatic carbocycles. The summed E-state index contributed by atoms with van der Waals surface area (Å²) in [6.45, 7) is 10.2. The molecule has 8 nitrogen and oxygen atoms in total. The molecule has 0 radical (unpaired) electrons. The largest absolute Gasteiger partial charge is 0.508 e. The number of nitrogens with zero attached hydrogens (tertiary/aromatic N) is 1. The Kier molecular flexibility index (Phi) is 9.68. The minimum Gasteiger partial charge on any atom is -0.508 e. The van der Waals surface area contributed by atoms with E-state index in [4.69, 9.17) is 17.0 Å². The highest BCUT2D eigenvalue weighted by Gasteiger charge is 2.67. The van der Waals surface area contributed by atoms with Crippen LogP contribution in [0.4, 0.5) is 0 Å². The number of nitrogens with two attached hydrogens (primary N) is 1. The molecule has 6 aliphatic rings. The normalized spacial score (nSPS) is 44.3. The number of benzene rings is 1. The van der Waals surface area contributed by atoms with Gasteiger partial charge in [0.15, 0.2) is 5.96 Å². The second-order valence-electron chi connectivity index (χ2n) is 18.1. The average molecular weight is 678 g/mol. The molecule has 272 valence electrons. The summed E-state index contributed by atoms with van der Waals surface area (Å²) < 4.78 is 6.69. The summed E-state index contributed by atoms with van der Waals surface area (Å²) in [5, 5.41) is 45.3. The predicted molar refractivity (Wildman–Crippen MR) is 193 cm³/mol. The van der Waals surface area contributed by atoms with Crippen LogP contribution in [0.3, 0.4) is 0 Å². The number of ether oxygens (including phenoxy) is 1. The summed E-state index contributed by atoms with van der Waals surface area (Å²) in [6, 6.07) is 7.19. The maximum Gasteiger partial charge on any atom is 0.190 e. The molecule has 0 bridgehead atoms. The number of phenols is 1. The van der Waals surface area contributed by atoms with Gasteiger partial charge in [-0.1, -0.05) is 31.2 Å². The van der Waals surface area contributed by atoms with Gasteiger partial charge in [0.05, 0.1) is 23.4 Å². The Morgan fingerprint density at radius 3 is 2.73 bits per heavy atom. The van der Waals surface area contributed by atoms with Crippen LogP contribution < -0.4 is 11.1 Å². The Hall–Kier alpha value is -2.13. The van der Waals surface area contributed by atoms with Crippen LogP contribution in [-0.2, 0) is 11.2 Å². The third-order valence-corrected chi connectivity index (χ3v) is 14.8. The molecule has 0 unspecified atom stereocenters. The number of phenolic OH excluding ortho intramolecular Hbond substituents is 1. The number of guanidine groups is 1. The number of hydrogen-bond acceptors (Lipinski definition) is 6. The fourth-order valence-corrected chi connectivity index (χ4v) is 12.0. The van der Waals surface area contributed by atoms with E-state index < -0.39 is 11.8 Å². The molecule has 8 heteroatoms. The maximum atomic E-state index is 11.2. The van der Waals surface area contributed by atoms with Crippen molar-refractivity contribution in [2.24, 2.45) is 51.1 Å². The van der Waals surface area contributed by atoms with Crippen LogP contribution in [0.5, 0.6) is 5.75 Å². The Balaban J connectivity index is 0.935. The second kappa shape index (κ2) is 13.4. The second-order valence-corrected chi connectivity index (χ2v) is 18.1. The Labute approximate surface area is 294 Å².